The fraction of sp³-hybridized carbons (Fsp3) is 1.00. The fourth-order valence-corrected chi connectivity index (χ4v) is 2.28. The van der Waals surface area contributed by atoms with Crippen molar-refractivity contribution in [2.75, 3.05) is 13.2 Å². The zero-order chi connectivity index (χ0) is 9.64. The summed E-state index contributed by atoms with van der Waals surface area (Å²) in [7, 11) is 0. The van der Waals surface area contributed by atoms with Crippen LogP contribution in [0.4, 0.5) is 0 Å². The fourth-order valence-electron chi connectivity index (χ4n) is 2.28. The standard InChI is InChI=1S/C12H23NO/c1-2-10-14-12(7-1)8-4-9-13-11-5-3-6-11/h11-13H,1-10H2. The topological polar surface area (TPSA) is 21.3 Å². The van der Waals surface area contributed by atoms with Crippen LogP contribution in [0.1, 0.15) is 51.4 Å². The van der Waals surface area contributed by atoms with Crippen molar-refractivity contribution in [3.63, 3.8) is 0 Å². The number of hydrogen-bond acceptors (Lipinski definition) is 2. The minimum absolute atomic E-state index is 0.576. The molecule has 1 saturated carbocycles. The Morgan fingerprint density at radius 2 is 2.00 bits per heavy atom. The van der Waals surface area contributed by atoms with Gasteiger partial charge < -0.3 is 10.1 Å². The molecule has 14 heavy (non-hydrogen) atoms. The van der Waals surface area contributed by atoms with Crippen molar-refractivity contribution >= 4 is 0 Å². The van der Waals surface area contributed by atoms with E-state index in [-0.39, 0.29) is 0 Å². The van der Waals surface area contributed by atoms with E-state index in [0.29, 0.717) is 6.10 Å². The summed E-state index contributed by atoms with van der Waals surface area (Å²) in [5.41, 5.74) is 0. The monoisotopic (exact) mass is 197 g/mol. The normalized spacial score (nSPS) is 28.7. The van der Waals surface area contributed by atoms with Gasteiger partial charge >= 0.3 is 0 Å². The highest BCUT2D eigenvalue weighted by Gasteiger charge is 2.16. The molecule has 1 N–H and O–H groups in total. The van der Waals surface area contributed by atoms with Gasteiger partial charge in [-0.25, -0.2) is 0 Å². The molecule has 0 aromatic carbocycles. The van der Waals surface area contributed by atoms with Gasteiger partial charge in [-0.1, -0.05) is 6.42 Å². The van der Waals surface area contributed by atoms with Crippen LogP contribution in [0.3, 0.4) is 0 Å². The summed E-state index contributed by atoms with van der Waals surface area (Å²) in [6.45, 7) is 2.20. The largest absolute Gasteiger partial charge is 0.378 e. The molecule has 2 fully saturated rings. The van der Waals surface area contributed by atoms with Gasteiger partial charge in [0.2, 0.25) is 0 Å². The van der Waals surface area contributed by atoms with Crippen LogP contribution >= 0.6 is 0 Å². The molecule has 2 rings (SSSR count). The minimum atomic E-state index is 0.576. The molecule has 0 amide bonds. The molecule has 1 aliphatic heterocycles. The molecule has 1 atom stereocenters. The SMILES string of the molecule is C1CCC(CCCNC2CCC2)OC1. The third-order valence-electron chi connectivity index (χ3n) is 3.52. The molecule has 0 radical (unpaired) electrons. The number of hydrogen-bond donors (Lipinski definition) is 1. The van der Waals surface area contributed by atoms with Gasteiger partial charge in [-0.2, -0.15) is 0 Å². The van der Waals surface area contributed by atoms with E-state index in [4.69, 9.17) is 4.74 Å². The summed E-state index contributed by atoms with van der Waals surface area (Å²) >= 11 is 0. The predicted molar refractivity (Wildman–Crippen MR) is 58.5 cm³/mol. The van der Waals surface area contributed by atoms with Gasteiger partial charge in [0.25, 0.3) is 0 Å². The zero-order valence-corrected chi connectivity index (χ0v) is 9.13. The van der Waals surface area contributed by atoms with Crippen LogP contribution in [-0.4, -0.2) is 25.3 Å². The van der Waals surface area contributed by atoms with Crippen LogP contribution < -0.4 is 5.32 Å². The molecule has 1 aliphatic carbocycles. The third-order valence-corrected chi connectivity index (χ3v) is 3.52. The van der Waals surface area contributed by atoms with E-state index in [9.17, 15) is 0 Å². The van der Waals surface area contributed by atoms with Crippen molar-refractivity contribution in [2.24, 2.45) is 0 Å². The lowest BCUT2D eigenvalue weighted by molar-refractivity contribution is 0.0100. The maximum Gasteiger partial charge on any atom is 0.0575 e. The first-order chi connectivity index (χ1) is 6.95. The van der Waals surface area contributed by atoms with E-state index in [1.165, 1.54) is 57.9 Å². The van der Waals surface area contributed by atoms with E-state index in [0.717, 1.165) is 12.6 Å². The summed E-state index contributed by atoms with van der Waals surface area (Å²) < 4.78 is 5.70. The van der Waals surface area contributed by atoms with Crippen molar-refractivity contribution in [1.82, 2.24) is 5.32 Å². The van der Waals surface area contributed by atoms with Crippen LogP contribution in [0.5, 0.6) is 0 Å². The Balaban J connectivity index is 1.45. The van der Waals surface area contributed by atoms with Crippen molar-refractivity contribution in [3.05, 3.63) is 0 Å². The molecule has 0 bridgehead atoms. The first-order valence-electron chi connectivity index (χ1n) is 6.30. The molecule has 2 aliphatic rings. The van der Waals surface area contributed by atoms with E-state index >= 15 is 0 Å². The summed E-state index contributed by atoms with van der Waals surface area (Å²) in [6, 6.07) is 0.849. The molecule has 0 spiro atoms. The molecule has 0 aromatic heterocycles. The Kier molecular flexibility index (Phi) is 4.26. The van der Waals surface area contributed by atoms with E-state index in [1.54, 1.807) is 0 Å². The highest BCUT2D eigenvalue weighted by Crippen LogP contribution is 2.19. The van der Waals surface area contributed by atoms with Crippen molar-refractivity contribution in [2.45, 2.75) is 63.5 Å². The highest BCUT2D eigenvalue weighted by atomic mass is 16.5. The predicted octanol–water partition coefficient (Wildman–Crippen LogP) is 2.48. The van der Waals surface area contributed by atoms with Gasteiger partial charge in [0.1, 0.15) is 0 Å². The Labute approximate surface area is 87.4 Å². The second kappa shape index (κ2) is 5.72. The summed E-state index contributed by atoms with van der Waals surface area (Å²) in [6.07, 6.45) is 11.3. The average Bonchev–Trinajstić information content (AvgIpc) is 2.16. The van der Waals surface area contributed by atoms with Crippen LogP contribution in [0.25, 0.3) is 0 Å². The van der Waals surface area contributed by atoms with Crippen LogP contribution in [0, 0.1) is 0 Å². The number of rotatable bonds is 5. The Bertz CT molecular complexity index is 150. The molecule has 0 aromatic rings. The lowest BCUT2D eigenvalue weighted by atomic mass is 9.93. The van der Waals surface area contributed by atoms with Crippen LogP contribution in [-0.2, 0) is 4.74 Å². The first-order valence-corrected chi connectivity index (χ1v) is 6.30. The summed E-state index contributed by atoms with van der Waals surface area (Å²) in [4.78, 5) is 0. The second-order valence-electron chi connectivity index (χ2n) is 4.71. The van der Waals surface area contributed by atoms with E-state index < -0.39 is 0 Å². The van der Waals surface area contributed by atoms with Gasteiger partial charge in [0.15, 0.2) is 0 Å². The van der Waals surface area contributed by atoms with Gasteiger partial charge in [-0.15, -0.1) is 0 Å². The van der Waals surface area contributed by atoms with Gasteiger partial charge in [0, 0.05) is 12.6 Å². The van der Waals surface area contributed by atoms with Crippen molar-refractivity contribution < 1.29 is 4.74 Å². The lowest BCUT2D eigenvalue weighted by Gasteiger charge is -2.27. The highest BCUT2D eigenvalue weighted by molar-refractivity contribution is 4.76. The summed E-state index contributed by atoms with van der Waals surface area (Å²) in [5.74, 6) is 0. The molecule has 1 unspecified atom stereocenters. The molecule has 1 heterocycles. The Hall–Kier alpha value is -0.0800. The second-order valence-corrected chi connectivity index (χ2v) is 4.71. The quantitative estimate of drug-likeness (QED) is 0.684. The van der Waals surface area contributed by atoms with Gasteiger partial charge in [-0.3, -0.25) is 0 Å². The van der Waals surface area contributed by atoms with E-state index in [1.807, 2.05) is 0 Å². The molecular formula is C12H23NO. The van der Waals surface area contributed by atoms with Crippen molar-refractivity contribution in [3.8, 4) is 0 Å². The molecule has 82 valence electrons. The first kappa shape index (κ1) is 10.4. The minimum Gasteiger partial charge on any atom is -0.378 e. The smallest absolute Gasteiger partial charge is 0.0575 e. The van der Waals surface area contributed by atoms with Crippen LogP contribution in [0.2, 0.25) is 0 Å². The zero-order valence-electron chi connectivity index (χ0n) is 9.13. The van der Waals surface area contributed by atoms with Gasteiger partial charge in [-0.05, 0) is 51.5 Å². The van der Waals surface area contributed by atoms with Gasteiger partial charge in [0.05, 0.1) is 6.10 Å². The Morgan fingerprint density at radius 1 is 1.07 bits per heavy atom. The molecule has 2 heteroatoms. The third kappa shape index (κ3) is 3.25. The maximum absolute atomic E-state index is 5.70. The van der Waals surface area contributed by atoms with E-state index in [2.05, 4.69) is 5.32 Å². The molecular weight excluding hydrogens is 174 g/mol. The summed E-state index contributed by atoms with van der Waals surface area (Å²) in [5, 5.41) is 3.60. The Morgan fingerprint density at radius 3 is 2.64 bits per heavy atom. The number of nitrogens with one attached hydrogen (secondary N) is 1. The average molecular weight is 197 g/mol. The maximum atomic E-state index is 5.70. The van der Waals surface area contributed by atoms with Crippen LogP contribution in [0.15, 0.2) is 0 Å². The van der Waals surface area contributed by atoms with Crippen molar-refractivity contribution in [1.29, 1.82) is 0 Å². The molecule has 1 saturated heterocycles. The number of ether oxygens (including phenoxy) is 1. The molecule has 2 nitrogen and oxygen atoms in total. The lowest BCUT2D eigenvalue weighted by Crippen LogP contribution is -2.36.